The van der Waals surface area contributed by atoms with Crippen molar-refractivity contribution in [2.75, 3.05) is 0 Å². The Kier molecular flexibility index (Phi) is 4.22. The van der Waals surface area contributed by atoms with Crippen molar-refractivity contribution in [1.82, 2.24) is 15.0 Å². The van der Waals surface area contributed by atoms with Gasteiger partial charge in [-0.25, -0.2) is 4.68 Å². The first kappa shape index (κ1) is 13.3. The number of nitrogens with zero attached hydrogens (tertiary/aromatic N) is 3. The van der Waals surface area contributed by atoms with Crippen LogP contribution < -0.4 is 5.73 Å². The topological polar surface area (TPSA) is 56.7 Å². The normalized spacial score (nSPS) is 10.9. The Balaban J connectivity index is 2.37. The summed E-state index contributed by atoms with van der Waals surface area (Å²) in [5.41, 5.74) is 8.32. The first-order valence-corrected chi connectivity index (χ1v) is 6.47. The van der Waals surface area contributed by atoms with E-state index < -0.39 is 0 Å². The first-order valence-electron chi connectivity index (χ1n) is 5.71. The number of halogens is 2. The monoisotopic (exact) mass is 284 g/mol. The molecule has 0 aliphatic heterocycles. The molecule has 0 aliphatic rings. The van der Waals surface area contributed by atoms with Crippen molar-refractivity contribution in [2.24, 2.45) is 5.73 Å². The molecule has 2 aromatic rings. The lowest BCUT2D eigenvalue weighted by atomic mass is 10.2. The molecule has 96 valence electrons. The number of hydrogen-bond acceptors (Lipinski definition) is 3. The molecule has 0 spiro atoms. The summed E-state index contributed by atoms with van der Waals surface area (Å²) in [5, 5.41) is 9.43. The van der Waals surface area contributed by atoms with Crippen molar-refractivity contribution in [3.63, 3.8) is 0 Å². The Morgan fingerprint density at radius 1 is 1.28 bits per heavy atom. The van der Waals surface area contributed by atoms with E-state index in [1.807, 2.05) is 25.1 Å². The molecule has 1 aromatic carbocycles. The van der Waals surface area contributed by atoms with Gasteiger partial charge in [-0.2, -0.15) is 0 Å². The second-order valence-corrected chi connectivity index (χ2v) is 4.71. The van der Waals surface area contributed by atoms with Crippen LogP contribution in [0.4, 0.5) is 0 Å². The number of aromatic nitrogens is 3. The van der Waals surface area contributed by atoms with E-state index in [-0.39, 0.29) is 0 Å². The van der Waals surface area contributed by atoms with Gasteiger partial charge in [0.15, 0.2) is 0 Å². The van der Waals surface area contributed by atoms with Gasteiger partial charge in [-0.3, -0.25) is 0 Å². The average molecular weight is 285 g/mol. The van der Waals surface area contributed by atoms with Crippen LogP contribution >= 0.6 is 23.2 Å². The summed E-state index contributed by atoms with van der Waals surface area (Å²) in [4.78, 5) is 0. The molecular formula is C12H14Cl2N4. The predicted octanol–water partition coefficient (Wildman–Crippen LogP) is 2.65. The van der Waals surface area contributed by atoms with E-state index in [9.17, 15) is 0 Å². The van der Waals surface area contributed by atoms with Crippen molar-refractivity contribution in [2.45, 2.75) is 26.4 Å². The fourth-order valence-electron chi connectivity index (χ4n) is 1.87. The van der Waals surface area contributed by atoms with Crippen LogP contribution in [0.15, 0.2) is 18.2 Å². The van der Waals surface area contributed by atoms with Crippen molar-refractivity contribution >= 4 is 23.2 Å². The minimum absolute atomic E-state index is 0.388. The molecule has 1 aromatic heterocycles. The van der Waals surface area contributed by atoms with Gasteiger partial charge in [0.2, 0.25) is 0 Å². The molecule has 0 amide bonds. The highest BCUT2D eigenvalue weighted by Gasteiger charge is 2.13. The molecule has 4 nitrogen and oxygen atoms in total. The third-order valence-corrected chi connectivity index (χ3v) is 3.52. The summed E-state index contributed by atoms with van der Waals surface area (Å²) >= 11 is 12.3. The zero-order chi connectivity index (χ0) is 13.1. The number of hydrogen-bond donors (Lipinski definition) is 1. The summed E-state index contributed by atoms with van der Waals surface area (Å²) in [6.07, 6.45) is 0.821. The van der Waals surface area contributed by atoms with Crippen LogP contribution in [-0.4, -0.2) is 15.0 Å². The molecule has 2 rings (SSSR count). The van der Waals surface area contributed by atoms with Crippen LogP contribution in [0, 0.1) is 0 Å². The van der Waals surface area contributed by atoms with Crippen LogP contribution in [0.1, 0.15) is 23.9 Å². The predicted molar refractivity (Wildman–Crippen MR) is 72.9 cm³/mol. The highest BCUT2D eigenvalue weighted by atomic mass is 35.5. The molecule has 0 fully saturated rings. The van der Waals surface area contributed by atoms with Gasteiger partial charge in [-0.05, 0) is 18.6 Å². The summed E-state index contributed by atoms with van der Waals surface area (Å²) in [5.74, 6) is 0. The van der Waals surface area contributed by atoms with Crippen LogP contribution in [0.5, 0.6) is 0 Å². The van der Waals surface area contributed by atoms with Gasteiger partial charge in [0, 0.05) is 22.2 Å². The standard InChI is InChI=1S/C12H14Cl2N4/c1-2-12-11(6-15)16-17-18(12)7-8-9(13)4-3-5-10(8)14/h3-5H,2,6-7,15H2,1H3. The van der Waals surface area contributed by atoms with Gasteiger partial charge in [-0.1, -0.05) is 41.4 Å². The zero-order valence-electron chi connectivity index (χ0n) is 10.0. The molecule has 0 saturated carbocycles. The molecule has 0 saturated heterocycles. The third kappa shape index (κ3) is 2.51. The summed E-state index contributed by atoms with van der Waals surface area (Å²) in [7, 11) is 0. The smallest absolute Gasteiger partial charge is 0.0994 e. The lowest BCUT2D eigenvalue weighted by molar-refractivity contribution is 0.622. The number of benzene rings is 1. The van der Waals surface area contributed by atoms with E-state index in [1.165, 1.54) is 0 Å². The van der Waals surface area contributed by atoms with Gasteiger partial charge >= 0.3 is 0 Å². The number of rotatable bonds is 4. The second kappa shape index (κ2) is 5.69. The molecule has 1 heterocycles. The van der Waals surface area contributed by atoms with Crippen molar-refractivity contribution in [3.8, 4) is 0 Å². The van der Waals surface area contributed by atoms with Gasteiger partial charge < -0.3 is 5.73 Å². The lowest BCUT2D eigenvalue weighted by Gasteiger charge is -2.09. The van der Waals surface area contributed by atoms with Crippen LogP contribution in [0.3, 0.4) is 0 Å². The van der Waals surface area contributed by atoms with E-state index in [1.54, 1.807) is 4.68 Å². The van der Waals surface area contributed by atoms with E-state index in [0.717, 1.165) is 23.4 Å². The minimum Gasteiger partial charge on any atom is -0.325 e. The minimum atomic E-state index is 0.388. The van der Waals surface area contributed by atoms with E-state index in [2.05, 4.69) is 10.3 Å². The molecule has 0 bridgehead atoms. The van der Waals surface area contributed by atoms with E-state index in [0.29, 0.717) is 23.1 Å². The molecule has 6 heteroatoms. The van der Waals surface area contributed by atoms with Crippen LogP contribution in [0.2, 0.25) is 10.0 Å². The second-order valence-electron chi connectivity index (χ2n) is 3.90. The Bertz CT molecular complexity index is 531. The fourth-order valence-corrected chi connectivity index (χ4v) is 2.39. The van der Waals surface area contributed by atoms with Crippen molar-refractivity contribution in [1.29, 1.82) is 0 Å². The summed E-state index contributed by atoms with van der Waals surface area (Å²) in [6.45, 7) is 2.94. The summed E-state index contributed by atoms with van der Waals surface area (Å²) in [6, 6.07) is 5.45. The summed E-state index contributed by atoms with van der Waals surface area (Å²) < 4.78 is 1.80. The average Bonchev–Trinajstić information content (AvgIpc) is 2.75. The van der Waals surface area contributed by atoms with Crippen molar-refractivity contribution < 1.29 is 0 Å². The maximum absolute atomic E-state index is 6.14. The SMILES string of the molecule is CCc1c(CN)nnn1Cc1c(Cl)cccc1Cl. The molecular weight excluding hydrogens is 271 g/mol. The molecule has 0 aliphatic carbocycles. The lowest BCUT2D eigenvalue weighted by Crippen LogP contribution is -2.08. The molecule has 0 atom stereocenters. The molecule has 18 heavy (non-hydrogen) atoms. The molecule has 2 N–H and O–H groups in total. The van der Waals surface area contributed by atoms with Gasteiger partial charge in [0.05, 0.1) is 17.9 Å². The Morgan fingerprint density at radius 2 is 1.94 bits per heavy atom. The van der Waals surface area contributed by atoms with E-state index in [4.69, 9.17) is 28.9 Å². The highest BCUT2D eigenvalue weighted by molar-refractivity contribution is 6.35. The largest absolute Gasteiger partial charge is 0.325 e. The highest BCUT2D eigenvalue weighted by Crippen LogP contribution is 2.25. The molecule has 0 radical (unpaired) electrons. The quantitative estimate of drug-likeness (QED) is 0.939. The van der Waals surface area contributed by atoms with Crippen LogP contribution in [0.25, 0.3) is 0 Å². The van der Waals surface area contributed by atoms with Gasteiger partial charge in [0.25, 0.3) is 0 Å². The van der Waals surface area contributed by atoms with Crippen molar-refractivity contribution in [3.05, 3.63) is 45.2 Å². The van der Waals surface area contributed by atoms with Crippen LogP contribution in [-0.2, 0) is 19.5 Å². The number of nitrogens with two attached hydrogens (primary N) is 1. The van der Waals surface area contributed by atoms with Gasteiger partial charge in [0.1, 0.15) is 0 Å². The third-order valence-electron chi connectivity index (χ3n) is 2.82. The zero-order valence-corrected chi connectivity index (χ0v) is 11.5. The maximum Gasteiger partial charge on any atom is 0.0994 e. The Labute approximate surface area is 116 Å². The van der Waals surface area contributed by atoms with E-state index >= 15 is 0 Å². The fraction of sp³-hybridized carbons (Fsp3) is 0.333. The van der Waals surface area contributed by atoms with Gasteiger partial charge in [-0.15, -0.1) is 5.10 Å². The first-order chi connectivity index (χ1) is 8.67. The maximum atomic E-state index is 6.14. The molecule has 0 unspecified atom stereocenters. The Morgan fingerprint density at radius 3 is 2.50 bits per heavy atom. The Hall–Kier alpha value is -1.10.